The normalized spacial score (nSPS) is 10.9. The first-order valence-electron chi connectivity index (χ1n) is 5.10. The fraction of sp³-hybridized carbons (Fsp3) is 0. The van der Waals surface area contributed by atoms with Crippen molar-refractivity contribution in [2.75, 3.05) is 5.73 Å². The van der Waals surface area contributed by atoms with E-state index in [9.17, 15) is 0 Å². The first-order valence-corrected chi connectivity index (χ1v) is 5.48. The number of nitrogens with zero attached hydrogens (tertiary/aromatic N) is 2. The third-order valence-corrected chi connectivity index (χ3v) is 2.81. The predicted octanol–water partition coefficient (Wildman–Crippen LogP) is 2.86. The van der Waals surface area contributed by atoms with Gasteiger partial charge in [-0.15, -0.1) is 0 Å². The molecule has 3 aromatic rings. The lowest BCUT2D eigenvalue weighted by Gasteiger charge is -2.02. The van der Waals surface area contributed by atoms with Crippen molar-refractivity contribution in [3.8, 4) is 11.3 Å². The molecule has 0 fully saturated rings. The van der Waals surface area contributed by atoms with E-state index < -0.39 is 0 Å². The van der Waals surface area contributed by atoms with Gasteiger partial charge in [-0.25, -0.2) is 9.97 Å². The second kappa shape index (κ2) is 3.75. The van der Waals surface area contributed by atoms with Crippen LogP contribution in [0.25, 0.3) is 22.2 Å². The van der Waals surface area contributed by atoms with Gasteiger partial charge >= 0.3 is 0 Å². The van der Waals surface area contributed by atoms with E-state index >= 15 is 0 Å². The van der Waals surface area contributed by atoms with Crippen LogP contribution >= 0.6 is 11.6 Å². The highest BCUT2D eigenvalue weighted by Gasteiger charge is 2.11. The van der Waals surface area contributed by atoms with Crippen LogP contribution in [0.4, 0.5) is 5.69 Å². The molecule has 0 unspecified atom stereocenters. The van der Waals surface area contributed by atoms with Gasteiger partial charge in [0.05, 0.1) is 11.9 Å². The zero-order valence-corrected chi connectivity index (χ0v) is 9.57. The minimum absolute atomic E-state index is 0.194. The Morgan fingerprint density at radius 2 is 2.06 bits per heavy atom. The predicted molar refractivity (Wildman–Crippen MR) is 68.7 cm³/mol. The van der Waals surface area contributed by atoms with E-state index in [0.29, 0.717) is 11.4 Å². The summed E-state index contributed by atoms with van der Waals surface area (Å²) in [5.74, 6) is 0. The van der Waals surface area contributed by atoms with Crippen molar-refractivity contribution >= 4 is 28.2 Å². The summed E-state index contributed by atoms with van der Waals surface area (Å²) < 4.78 is 0. The van der Waals surface area contributed by atoms with Crippen molar-refractivity contribution in [2.24, 2.45) is 0 Å². The first-order chi connectivity index (χ1) is 8.25. The quantitative estimate of drug-likeness (QED) is 0.647. The van der Waals surface area contributed by atoms with E-state index in [1.807, 2.05) is 30.5 Å². The molecule has 0 aliphatic carbocycles. The lowest BCUT2D eigenvalue weighted by molar-refractivity contribution is 1.18. The van der Waals surface area contributed by atoms with E-state index in [1.54, 1.807) is 0 Å². The van der Waals surface area contributed by atoms with E-state index in [1.165, 1.54) is 6.20 Å². The number of rotatable bonds is 1. The van der Waals surface area contributed by atoms with Gasteiger partial charge in [0.1, 0.15) is 5.69 Å². The summed E-state index contributed by atoms with van der Waals surface area (Å²) in [4.78, 5) is 11.2. The van der Waals surface area contributed by atoms with Crippen LogP contribution in [0.1, 0.15) is 0 Å². The Balaban J connectivity index is 2.31. The topological polar surface area (TPSA) is 67.6 Å². The number of hydrogen-bond donors (Lipinski definition) is 2. The molecule has 4 nitrogen and oxygen atoms in total. The number of hydrogen-bond acceptors (Lipinski definition) is 3. The van der Waals surface area contributed by atoms with E-state index in [0.717, 1.165) is 16.5 Å². The summed E-state index contributed by atoms with van der Waals surface area (Å²) in [6.45, 7) is 0. The van der Waals surface area contributed by atoms with Gasteiger partial charge in [-0.1, -0.05) is 18.2 Å². The molecule has 0 saturated carbocycles. The molecule has 0 aliphatic rings. The number of nitrogens with two attached hydrogens (primary N) is 1. The number of aromatic nitrogens is 3. The van der Waals surface area contributed by atoms with Crippen molar-refractivity contribution in [3.63, 3.8) is 0 Å². The van der Waals surface area contributed by atoms with Gasteiger partial charge in [-0.2, -0.15) is 0 Å². The highest BCUT2D eigenvalue weighted by molar-refractivity contribution is 6.28. The average Bonchev–Trinajstić information content (AvgIpc) is 2.76. The Bertz CT molecular complexity index is 690. The third kappa shape index (κ3) is 1.62. The Labute approximate surface area is 102 Å². The van der Waals surface area contributed by atoms with Crippen LogP contribution in [0, 0.1) is 0 Å². The van der Waals surface area contributed by atoms with Crippen LogP contribution < -0.4 is 5.73 Å². The monoisotopic (exact) mass is 244 g/mol. The summed E-state index contributed by atoms with van der Waals surface area (Å²) in [7, 11) is 0. The Kier molecular flexibility index (Phi) is 2.23. The number of H-pyrrole nitrogens is 1. The van der Waals surface area contributed by atoms with Crippen LogP contribution in [0.3, 0.4) is 0 Å². The fourth-order valence-electron chi connectivity index (χ4n) is 1.85. The smallest absolute Gasteiger partial charge is 0.223 e. The van der Waals surface area contributed by atoms with Crippen LogP contribution in [0.5, 0.6) is 0 Å². The minimum atomic E-state index is 0.194. The lowest BCUT2D eigenvalue weighted by atomic mass is 10.1. The molecule has 0 radical (unpaired) electrons. The third-order valence-electron chi connectivity index (χ3n) is 2.63. The molecule has 1 aromatic carbocycles. The molecule has 0 amide bonds. The van der Waals surface area contributed by atoms with Crippen LogP contribution in [0.15, 0.2) is 36.7 Å². The molecule has 0 atom stereocenters. The zero-order chi connectivity index (χ0) is 11.8. The van der Waals surface area contributed by atoms with E-state index in [4.69, 9.17) is 17.3 Å². The van der Waals surface area contributed by atoms with Gasteiger partial charge in [0.25, 0.3) is 0 Å². The van der Waals surface area contributed by atoms with E-state index in [2.05, 4.69) is 15.0 Å². The molecule has 0 aliphatic heterocycles. The van der Waals surface area contributed by atoms with Crippen molar-refractivity contribution in [1.29, 1.82) is 0 Å². The maximum atomic E-state index is 5.87. The maximum absolute atomic E-state index is 5.87. The van der Waals surface area contributed by atoms with Crippen molar-refractivity contribution < 1.29 is 0 Å². The minimum Gasteiger partial charge on any atom is -0.396 e. The summed E-state index contributed by atoms with van der Waals surface area (Å²) in [6.07, 6.45) is 3.39. The number of halogens is 1. The molecule has 0 spiro atoms. The highest BCUT2D eigenvalue weighted by atomic mass is 35.5. The molecule has 3 N–H and O–H groups in total. The molecule has 5 heteroatoms. The fourth-order valence-corrected chi connectivity index (χ4v) is 1.99. The number of benzene rings is 1. The Hall–Kier alpha value is -2.07. The van der Waals surface area contributed by atoms with Gasteiger partial charge in [0.15, 0.2) is 0 Å². The number of nitrogen functional groups attached to an aromatic ring is 1. The number of aromatic amines is 1. The number of fused-ring (bicyclic) bond motifs is 1. The van der Waals surface area contributed by atoms with Crippen molar-refractivity contribution in [3.05, 3.63) is 41.9 Å². The molecule has 2 heterocycles. The van der Waals surface area contributed by atoms with E-state index in [-0.39, 0.29) is 5.28 Å². The standard InChI is InChI=1S/C12H9ClN4/c13-12-16-6-9(14)11(17-12)8-5-15-10-4-2-1-3-7(8)10/h1-6,15H,14H2. The number of nitrogens with one attached hydrogen (secondary N) is 1. The molecule has 0 saturated heterocycles. The summed E-state index contributed by atoms with van der Waals surface area (Å²) in [6, 6.07) is 7.95. The Morgan fingerprint density at radius 1 is 1.24 bits per heavy atom. The van der Waals surface area contributed by atoms with Crippen LogP contribution in [-0.4, -0.2) is 15.0 Å². The zero-order valence-electron chi connectivity index (χ0n) is 8.81. The molecule has 0 bridgehead atoms. The molecule has 17 heavy (non-hydrogen) atoms. The SMILES string of the molecule is Nc1cnc(Cl)nc1-c1c[nH]c2ccccc12. The molecule has 3 rings (SSSR count). The summed E-state index contributed by atoms with van der Waals surface area (Å²) >= 11 is 5.80. The summed E-state index contributed by atoms with van der Waals surface area (Å²) in [5, 5.41) is 1.26. The van der Waals surface area contributed by atoms with Gasteiger partial charge < -0.3 is 10.7 Å². The molecular weight excluding hydrogens is 236 g/mol. The number of para-hydroxylation sites is 1. The second-order valence-corrected chi connectivity index (χ2v) is 4.03. The second-order valence-electron chi connectivity index (χ2n) is 3.69. The van der Waals surface area contributed by atoms with Crippen LogP contribution in [-0.2, 0) is 0 Å². The molecule has 84 valence electrons. The van der Waals surface area contributed by atoms with Gasteiger partial charge in [0.2, 0.25) is 5.28 Å². The largest absolute Gasteiger partial charge is 0.396 e. The molecular formula is C12H9ClN4. The van der Waals surface area contributed by atoms with Crippen molar-refractivity contribution in [1.82, 2.24) is 15.0 Å². The average molecular weight is 245 g/mol. The molecule has 2 aromatic heterocycles. The van der Waals surface area contributed by atoms with Crippen LogP contribution in [0.2, 0.25) is 5.28 Å². The first kappa shape index (κ1) is 10.1. The van der Waals surface area contributed by atoms with Gasteiger partial charge in [0, 0.05) is 22.7 Å². The number of anilines is 1. The highest BCUT2D eigenvalue weighted by Crippen LogP contribution is 2.30. The van der Waals surface area contributed by atoms with Gasteiger partial charge in [-0.05, 0) is 17.7 Å². The lowest BCUT2D eigenvalue weighted by Crippen LogP contribution is -1.95. The summed E-state index contributed by atoms with van der Waals surface area (Å²) in [5.41, 5.74) is 9.01. The van der Waals surface area contributed by atoms with Gasteiger partial charge in [-0.3, -0.25) is 0 Å². The maximum Gasteiger partial charge on any atom is 0.223 e. The van der Waals surface area contributed by atoms with Crippen molar-refractivity contribution in [2.45, 2.75) is 0 Å². The Morgan fingerprint density at radius 3 is 2.94 bits per heavy atom.